The van der Waals surface area contributed by atoms with Crippen LogP contribution >= 0.6 is 0 Å². The first-order valence-electron chi connectivity index (χ1n) is 11.9. The summed E-state index contributed by atoms with van der Waals surface area (Å²) in [5, 5.41) is 1.00. The molecule has 1 heterocycles. The molecule has 1 aromatic heterocycles. The fourth-order valence-electron chi connectivity index (χ4n) is 4.88. The highest BCUT2D eigenvalue weighted by Gasteiger charge is 2.38. The van der Waals surface area contributed by atoms with E-state index in [1.165, 1.54) is 18.2 Å². The van der Waals surface area contributed by atoms with E-state index in [1.54, 1.807) is 16.7 Å². The van der Waals surface area contributed by atoms with E-state index in [0.29, 0.717) is 5.56 Å². The minimum absolute atomic E-state index is 0.0183. The Kier molecular flexibility index (Phi) is 5.66. The van der Waals surface area contributed by atoms with Crippen LogP contribution < -0.4 is 0 Å². The van der Waals surface area contributed by atoms with Crippen LogP contribution in [0.25, 0.3) is 22.2 Å². The van der Waals surface area contributed by atoms with Crippen molar-refractivity contribution in [1.82, 2.24) is 4.57 Å². The number of carbonyl (C=O) groups excluding carboxylic acids is 2. The molecule has 0 saturated heterocycles. The van der Waals surface area contributed by atoms with E-state index in [4.69, 9.17) is 9.47 Å². The lowest BCUT2D eigenvalue weighted by Gasteiger charge is -2.42. The minimum Gasteiger partial charge on any atom is -0.465 e. The van der Waals surface area contributed by atoms with E-state index in [-0.39, 0.29) is 10.8 Å². The number of nitrogens with zero attached hydrogens (tertiary/aromatic N) is 1. The van der Waals surface area contributed by atoms with E-state index < -0.39 is 17.7 Å². The summed E-state index contributed by atoms with van der Waals surface area (Å²) in [6, 6.07) is 13.6. The highest BCUT2D eigenvalue weighted by Crippen LogP contribution is 2.47. The Morgan fingerprint density at radius 2 is 1.44 bits per heavy atom. The fourth-order valence-corrected chi connectivity index (χ4v) is 4.88. The minimum atomic E-state index is -0.630. The predicted octanol–water partition coefficient (Wildman–Crippen LogP) is 7.23. The summed E-state index contributed by atoms with van der Waals surface area (Å²) in [5.41, 5.74) is 4.94. The van der Waals surface area contributed by atoms with Gasteiger partial charge in [-0.1, -0.05) is 39.8 Å². The summed E-state index contributed by atoms with van der Waals surface area (Å²) in [7, 11) is 1.36. The van der Waals surface area contributed by atoms with Gasteiger partial charge in [0.2, 0.25) is 0 Å². The number of ether oxygens (including phenoxy) is 2. The number of esters is 1. The largest absolute Gasteiger partial charge is 0.465 e. The molecule has 34 heavy (non-hydrogen) atoms. The van der Waals surface area contributed by atoms with Crippen molar-refractivity contribution in [2.75, 3.05) is 7.11 Å². The topological polar surface area (TPSA) is 57.5 Å². The molecular formula is C29H35NO4. The number of aromatic nitrogens is 1. The Hall–Kier alpha value is -3.08. The Balaban J connectivity index is 1.97. The first-order valence-corrected chi connectivity index (χ1v) is 11.9. The molecule has 5 nitrogen and oxygen atoms in total. The SMILES string of the molecule is COC(=O)c1ccc(-c2cc3cc4c(cc3n2C(=O)OC(C)(C)C)C(C)(C)CCC4(C)C)cc1. The quantitative estimate of drug-likeness (QED) is 0.378. The van der Waals surface area contributed by atoms with Crippen molar-refractivity contribution in [3.8, 4) is 11.3 Å². The van der Waals surface area contributed by atoms with Crippen LogP contribution in [0.5, 0.6) is 0 Å². The molecule has 0 spiro atoms. The standard InChI is InChI=1S/C29H35NO4/c1-27(2,3)34-26(32)30-23(18-9-11-19(12-10-18)25(31)33-8)16-20-15-21-22(17-24(20)30)29(6,7)14-13-28(21,4)5/h9-12,15-17H,13-14H2,1-8H3. The predicted molar refractivity (Wildman–Crippen MR) is 136 cm³/mol. The molecule has 0 fully saturated rings. The van der Waals surface area contributed by atoms with Crippen LogP contribution in [0.2, 0.25) is 0 Å². The number of fused-ring (bicyclic) bond motifs is 2. The van der Waals surface area contributed by atoms with Gasteiger partial charge in [0, 0.05) is 5.39 Å². The number of hydrogen-bond donors (Lipinski definition) is 0. The number of hydrogen-bond acceptors (Lipinski definition) is 4. The Morgan fingerprint density at radius 3 is 1.97 bits per heavy atom. The molecule has 5 heteroatoms. The summed E-state index contributed by atoms with van der Waals surface area (Å²) in [6.07, 6.45) is 1.79. The maximum atomic E-state index is 13.5. The number of carbonyl (C=O) groups is 2. The van der Waals surface area contributed by atoms with Gasteiger partial charge in [-0.3, -0.25) is 0 Å². The van der Waals surface area contributed by atoms with Gasteiger partial charge in [-0.2, -0.15) is 0 Å². The molecule has 0 N–H and O–H groups in total. The van der Waals surface area contributed by atoms with Gasteiger partial charge in [0.05, 0.1) is 23.9 Å². The zero-order valence-corrected chi connectivity index (χ0v) is 21.5. The van der Waals surface area contributed by atoms with Gasteiger partial charge in [-0.25, -0.2) is 14.2 Å². The highest BCUT2D eigenvalue weighted by atomic mass is 16.6. The Bertz CT molecular complexity index is 1270. The first-order chi connectivity index (χ1) is 15.7. The van der Waals surface area contributed by atoms with Crippen molar-refractivity contribution in [1.29, 1.82) is 0 Å². The zero-order valence-electron chi connectivity index (χ0n) is 21.5. The third kappa shape index (κ3) is 4.24. The molecule has 0 radical (unpaired) electrons. The fraction of sp³-hybridized carbons (Fsp3) is 0.448. The summed E-state index contributed by atoms with van der Waals surface area (Å²) in [6.45, 7) is 14.8. The van der Waals surface area contributed by atoms with E-state index in [0.717, 1.165) is 35.0 Å². The van der Waals surface area contributed by atoms with Gasteiger partial charge >= 0.3 is 12.1 Å². The third-order valence-corrected chi connectivity index (χ3v) is 6.95. The molecule has 0 atom stereocenters. The van der Waals surface area contributed by atoms with Crippen LogP contribution in [0.3, 0.4) is 0 Å². The summed E-state index contributed by atoms with van der Waals surface area (Å²) in [5.74, 6) is -0.392. The molecule has 3 aromatic rings. The maximum Gasteiger partial charge on any atom is 0.419 e. The highest BCUT2D eigenvalue weighted by molar-refractivity contribution is 5.98. The summed E-state index contributed by atoms with van der Waals surface area (Å²) >= 11 is 0. The van der Waals surface area contributed by atoms with Gasteiger partial charge in [-0.15, -0.1) is 0 Å². The molecule has 4 rings (SSSR count). The number of rotatable bonds is 2. The molecule has 0 bridgehead atoms. The van der Waals surface area contributed by atoms with Crippen molar-refractivity contribution in [3.63, 3.8) is 0 Å². The molecule has 0 saturated carbocycles. The van der Waals surface area contributed by atoms with Crippen LogP contribution in [0.4, 0.5) is 4.79 Å². The molecule has 1 aliphatic rings. The van der Waals surface area contributed by atoms with Crippen molar-refractivity contribution >= 4 is 23.0 Å². The second-order valence-electron chi connectivity index (χ2n) is 11.6. The molecule has 0 amide bonds. The van der Waals surface area contributed by atoms with Crippen molar-refractivity contribution in [2.24, 2.45) is 0 Å². The van der Waals surface area contributed by atoms with Crippen LogP contribution in [0, 0.1) is 0 Å². The molecule has 1 aliphatic carbocycles. The van der Waals surface area contributed by atoms with Gasteiger partial charge in [0.1, 0.15) is 5.60 Å². The van der Waals surface area contributed by atoms with E-state index >= 15 is 0 Å². The average Bonchev–Trinajstić information content (AvgIpc) is 3.13. The molecule has 0 aliphatic heterocycles. The molecule has 0 unspecified atom stereocenters. The zero-order chi connectivity index (χ0) is 25.1. The number of benzene rings is 2. The van der Waals surface area contributed by atoms with Crippen molar-refractivity contribution in [3.05, 3.63) is 59.2 Å². The Labute approximate surface area is 202 Å². The monoisotopic (exact) mass is 461 g/mol. The molecule has 180 valence electrons. The lowest BCUT2D eigenvalue weighted by Crippen LogP contribution is -2.34. The van der Waals surface area contributed by atoms with Crippen LogP contribution in [0.15, 0.2) is 42.5 Å². The molecular weight excluding hydrogens is 426 g/mol. The van der Waals surface area contributed by atoms with Gasteiger partial charge in [0.25, 0.3) is 0 Å². The van der Waals surface area contributed by atoms with Crippen molar-refractivity contribution in [2.45, 2.75) is 77.7 Å². The van der Waals surface area contributed by atoms with E-state index in [2.05, 4.69) is 39.8 Å². The second kappa shape index (κ2) is 8.00. The van der Waals surface area contributed by atoms with Crippen LogP contribution in [-0.4, -0.2) is 29.3 Å². The van der Waals surface area contributed by atoms with Crippen molar-refractivity contribution < 1.29 is 19.1 Å². The van der Waals surface area contributed by atoms with Gasteiger partial charge in [0.15, 0.2) is 0 Å². The van der Waals surface area contributed by atoms with Gasteiger partial charge in [-0.05, 0) is 91.5 Å². The summed E-state index contributed by atoms with van der Waals surface area (Å²) in [4.78, 5) is 25.4. The first kappa shape index (κ1) is 24.1. The maximum absolute atomic E-state index is 13.5. The van der Waals surface area contributed by atoms with Crippen LogP contribution in [-0.2, 0) is 20.3 Å². The van der Waals surface area contributed by atoms with Gasteiger partial charge < -0.3 is 9.47 Å². The Morgan fingerprint density at radius 1 is 0.882 bits per heavy atom. The normalized spacial score (nSPS) is 16.7. The lowest BCUT2D eigenvalue weighted by atomic mass is 9.63. The third-order valence-electron chi connectivity index (χ3n) is 6.95. The smallest absolute Gasteiger partial charge is 0.419 e. The lowest BCUT2D eigenvalue weighted by molar-refractivity contribution is 0.0545. The number of methoxy groups -OCH3 is 1. The van der Waals surface area contributed by atoms with E-state index in [9.17, 15) is 9.59 Å². The molecule has 2 aromatic carbocycles. The van der Waals surface area contributed by atoms with Crippen LogP contribution in [0.1, 0.15) is 82.8 Å². The summed E-state index contributed by atoms with van der Waals surface area (Å²) < 4.78 is 12.3. The second-order valence-corrected chi connectivity index (χ2v) is 11.6. The van der Waals surface area contributed by atoms with E-state index in [1.807, 2.05) is 39.0 Å². The average molecular weight is 462 g/mol.